The number of hydrogen-bond donors (Lipinski definition) is 0. The van der Waals surface area contributed by atoms with Crippen molar-refractivity contribution in [2.75, 3.05) is 4.90 Å². The van der Waals surface area contributed by atoms with Gasteiger partial charge < -0.3 is 13.7 Å². The average molecular weight is 679 g/mol. The highest BCUT2D eigenvalue weighted by atomic mass is 16.4. The van der Waals surface area contributed by atoms with Crippen molar-refractivity contribution in [1.29, 1.82) is 0 Å². The molecular formula is C49H30N2O2. The van der Waals surface area contributed by atoms with Crippen LogP contribution < -0.4 is 4.90 Å². The third kappa shape index (κ3) is 4.66. The quantitative estimate of drug-likeness (QED) is 0.170. The van der Waals surface area contributed by atoms with Crippen molar-refractivity contribution in [2.45, 2.75) is 0 Å². The van der Waals surface area contributed by atoms with Crippen LogP contribution in [-0.4, -0.2) is 4.98 Å². The number of benzene rings is 9. The normalized spacial score (nSPS) is 11.8. The van der Waals surface area contributed by atoms with Crippen LogP contribution in [0.2, 0.25) is 0 Å². The van der Waals surface area contributed by atoms with Gasteiger partial charge >= 0.3 is 0 Å². The first kappa shape index (κ1) is 29.5. The number of nitrogens with zero attached hydrogens (tertiary/aromatic N) is 2. The van der Waals surface area contributed by atoms with Gasteiger partial charge in [0.05, 0.1) is 5.69 Å². The lowest BCUT2D eigenvalue weighted by atomic mass is 9.96. The fourth-order valence-corrected chi connectivity index (χ4v) is 8.07. The van der Waals surface area contributed by atoms with Crippen molar-refractivity contribution in [3.63, 3.8) is 0 Å². The molecule has 0 unspecified atom stereocenters. The highest BCUT2D eigenvalue weighted by molar-refractivity contribution is 6.19. The minimum Gasteiger partial charge on any atom is -0.456 e. The summed E-state index contributed by atoms with van der Waals surface area (Å²) in [5, 5.41) is 9.53. The Hall–Kier alpha value is -7.17. The van der Waals surface area contributed by atoms with E-state index in [4.69, 9.17) is 13.8 Å². The van der Waals surface area contributed by atoms with Crippen molar-refractivity contribution in [1.82, 2.24) is 4.98 Å². The fourth-order valence-electron chi connectivity index (χ4n) is 8.07. The van der Waals surface area contributed by atoms with Crippen LogP contribution in [0, 0.1) is 0 Å². The summed E-state index contributed by atoms with van der Waals surface area (Å²) in [6, 6.07) is 64.0. The molecule has 0 spiro atoms. The molecule has 0 N–H and O–H groups in total. The van der Waals surface area contributed by atoms with Crippen LogP contribution in [0.15, 0.2) is 191 Å². The SMILES string of the molecule is c1ccc(N(c2ccc(-c3cccc4nc(-c5cccc6oc7ccccc7c56)oc34)cc2)c2cccc3c2ccc2c4ccccc4ccc32)cc1. The summed E-state index contributed by atoms with van der Waals surface area (Å²) in [4.78, 5) is 7.33. The molecular weight excluding hydrogens is 649 g/mol. The van der Waals surface area contributed by atoms with Gasteiger partial charge in [-0.25, -0.2) is 4.98 Å². The van der Waals surface area contributed by atoms with E-state index >= 15 is 0 Å². The number of anilines is 3. The highest BCUT2D eigenvalue weighted by Crippen LogP contribution is 2.43. The molecule has 0 aliphatic rings. The van der Waals surface area contributed by atoms with Gasteiger partial charge in [-0.05, 0) is 87.1 Å². The van der Waals surface area contributed by atoms with E-state index in [1.165, 1.54) is 32.3 Å². The van der Waals surface area contributed by atoms with Crippen LogP contribution in [-0.2, 0) is 0 Å². The van der Waals surface area contributed by atoms with Crippen LogP contribution in [0.5, 0.6) is 0 Å². The van der Waals surface area contributed by atoms with Crippen LogP contribution in [0.25, 0.3) is 87.9 Å². The zero-order valence-electron chi connectivity index (χ0n) is 28.5. The van der Waals surface area contributed by atoms with E-state index in [0.717, 1.165) is 66.8 Å². The monoisotopic (exact) mass is 678 g/mol. The average Bonchev–Trinajstić information content (AvgIpc) is 3.84. The van der Waals surface area contributed by atoms with E-state index < -0.39 is 0 Å². The predicted octanol–water partition coefficient (Wildman–Crippen LogP) is 14.0. The molecule has 0 atom stereocenters. The number of para-hydroxylation sites is 3. The Morgan fingerprint density at radius 3 is 1.94 bits per heavy atom. The topological polar surface area (TPSA) is 42.4 Å². The van der Waals surface area contributed by atoms with Crippen molar-refractivity contribution < 1.29 is 8.83 Å². The number of aromatic nitrogens is 1. The molecule has 0 amide bonds. The number of furan rings is 1. The molecule has 53 heavy (non-hydrogen) atoms. The summed E-state index contributed by atoms with van der Waals surface area (Å²) in [6.07, 6.45) is 0. The molecule has 2 heterocycles. The Morgan fingerprint density at radius 2 is 1.04 bits per heavy atom. The number of oxazole rings is 1. The van der Waals surface area contributed by atoms with Crippen molar-refractivity contribution in [3.05, 3.63) is 182 Å². The molecule has 4 heteroatoms. The fraction of sp³-hybridized carbons (Fsp3) is 0. The molecule has 0 saturated carbocycles. The van der Waals surface area contributed by atoms with Crippen molar-refractivity contribution >= 4 is 82.4 Å². The zero-order valence-corrected chi connectivity index (χ0v) is 28.5. The summed E-state index contributed by atoms with van der Waals surface area (Å²) in [6.45, 7) is 0. The molecule has 9 aromatic carbocycles. The molecule has 11 rings (SSSR count). The summed E-state index contributed by atoms with van der Waals surface area (Å²) in [5.74, 6) is 0.577. The molecule has 0 aliphatic carbocycles. The van der Waals surface area contributed by atoms with Gasteiger partial charge in [0.2, 0.25) is 5.89 Å². The first-order valence-electron chi connectivity index (χ1n) is 17.9. The summed E-state index contributed by atoms with van der Waals surface area (Å²) < 4.78 is 12.8. The Balaban J connectivity index is 1.03. The van der Waals surface area contributed by atoms with Gasteiger partial charge in [0.25, 0.3) is 0 Å². The van der Waals surface area contributed by atoms with Crippen molar-refractivity contribution in [3.8, 4) is 22.6 Å². The predicted molar refractivity (Wildman–Crippen MR) is 219 cm³/mol. The van der Waals surface area contributed by atoms with Crippen LogP contribution in [0.4, 0.5) is 17.1 Å². The lowest BCUT2D eigenvalue weighted by Gasteiger charge is -2.27. The van der Waals surface area contributed by atoms with Crippen molar-refractivity contribution in [2.24, 2.45) is 0 Å². The minimum atomic E-state index is 0.577. The van der Waals surface area contributed by atoms with Gasteiger partial charge in [-0.1, -0.05) is 127 Å². The van der Waals surface area contributed by atoms with Gasteiger partial charge in [-0.15, -0.1) is 0 Å². The van der Waals surface area contributed by atoms with Crippen LogP contribution in [0.3, 0.4) is 0 Å². The van der Waals surface area contributed by atoms with Gasteiger partial charge in [0.15, 0.2) is 5.58 Å². The summed E-state index contributed by atoms with van der Waals surface area (Å²) in [5.41, 5.74) is 9.48. The van der Waals surface area contributed by atoms with Crippen LogP contribution >= 0.6 is 0 Å². The lowest BCUT2D eigenvalue weighted by molar-refractivity contribution is 0.621. The van der Waals surface area contributed by atoms with Gasteiger partial charge in [0.1, 0.15) is 16.7 Å². The molecule has 0 saturated heterocycles. The Bertz CT molecular complexity index is 3180. The second-order valence-electron chi connectivity index (χ2n) is 13.5. The van der Waals surface area contributed by atoms with Crippen LogP contribution in [0.1, 0.15) is 0 Å². The second-order valence-corrected chi connectivity index (χ2v) is 13.5. The lowest BCUT2D eigenvalue weighted by Crippen LogP contribution is -2.10. The largest absolute Gasteiger partial charge is 0.456 e. The molecule has 2 aromatic heterocycles. The zero-order chi connectivity index (χ0) is 34.9. The van der Waals surface area contributed by atoms with E-state index in [2.05, 4.69) is 144 Å². The molecule has 4 nitrogen and oxygen atoms in total. The molecule has 0 fully saturated rings. The maximum absolute atomic E-state index is 6.63. The summed E-state index contributed by atoms with van der Waals surface area (Å²) >= 11 is 0. The molecule has 0 aliphatic heterocycles. The summed E-state index contributed by atoms with van der Waals surface area (Å²) in [7, 11) is 0. The number of hydrogen-bond acceptors (Lipinski definition) is 4. The highest BCUT2D eigenvalue weighted by Gasteiger charge is 2.20. The molecule has 0 radical (unpaired) electrons. The smallest absolute Gasteiger partial charge is 0.228 e. The molecule has 11 aromatic rings. The van der Waals surface area contributed by atoms with Gasteiger partial charge in [-0.3, -0.25) is 0 Å². The third-order valence-electron chi connectivity index (χ3n) is 10.5. The number of fused-ring (bicyclic) bond motifs is 9. The Labute approximate surface area is 304 Å². The standard InChI is InChI=1S/C49H30N2O2/c1-2-12-33(13-3-1)51(44-20-9-17-37-39-28-25-31-11-4-5-14-35(31)38(39)29-30-40(37)44)34-26-23-32(24-27-34)36-16-8-19-43-48(36)53-49(50-43)42-18-10-22-46-47(42)41-15-6-7-21-45(41)52-46/h1-30H. The first-order valence-corrected chi connectivity index (χ1v) is 17.9. The van der Waals surface area contributed by atoms with E-state index in [-0.39, 0.29) is 0 Å². The maximum atomic E-state index is 6.63. The second kappa shape index (κ2) is 11.7. The van der Waals surface area contributed by atoms with E-state index in [9.17, 15) is 0 Å². The van der Waals surface area contributed by atoms with Gasteiger partial charge in [0, 0.05) is 38.7 Å². The third-order valence-corrected chi connectivity index (χ3v) is 10.5. The maximum Gasteiger partial charge on any atom is 0.228 e. The Morgan fingerprint density at radius 1 is 0.396 bits per heavy atom. The Kier molecular flexibility index (Phi) is 6.52. The van der Waals surface area contributed by atoms with E-state index in [0.29, 0.717) is 5.89 Å². The molecule has 248 valence electrons. The van der Waals surface area contributed by atoms with Gasteiger partial charge in [-0.2, -0.15) is 0 Å². The van der Waals surface area contributed by atoms with E-state index in [1.807, 2.05) is 42.5 Å². The first-order chi connectivity index (χ1) is 26.3. The minimum absolute atomic E-state index is 0.577. The molecule has 0 bridgehead atoms. The number of rotatable bonds is 5. The van der Waals surface area contributed by atoms with E-state index in [1.54, 1.807) is 0 Å².